The molecule has 0 heterocycles. The lowest BCUT2D eigenvalue weighted by molar-refractivity contribution is -0.129. The number of benzene rings is 1. The fourth-order valence-corrected chi connectivity index (χ4v) is 2.74. The summed E-state index contributed by atoms with van der Waals surface area (Å²) in [6.45, 7) is 3.83. The quantitative estimate of drug-likeness (QED) is 0.754. The molecule has 9 heteroatoms. The van der Waals surface area contributed by atoms with Gasteiger partial charge in [-0.2, -0.15) is 0 Å². The molecule has 0 unspecified atom stereocenters. The van der Waals surface area contributed by atoms with Crippen molar-refractivity contribution in [1.82, 2.24) is 9.62 Å². The molecule has 0 bridgehead atoms. The molecule has 0 saturated carbocycles. The summed E-state index contributed by atoms with van der Waals surface area (Å²) in [5.74, 6) is -2.77. The van der Waals surface area contributed by atoms with E-state index >= 15 is 0 Å². The second-order valence-electron chi connectivity index (χ2n) is 4.19. The van der Waals surface area contributed by atoms with Crippen LogP contribution in [-0.2, 0) is 14.8 Å². The fraction of sp³-hybridized carbons (Fsp3) is 0.417. The van der Waals surface area contributed by atoms with E-state index in [2.05, 4.69) is 0 Å². The molecule has 0 fully saturated rings. The van der Waals surface area contributed by atoms with Crippen LogP contribution < -0.4 is 10.5 Å². The third kappa shape index (κ3) is 4.11. The average molecular weight is 321 g/mol. The van der Waals surface area contributed by atoms with Crippen LogP contribution in [-0.4, -0.2) is 38.9 Å². The van der Waals surface area contributed by atoms with E-state index in [4.69, 9.17) is 5.73 Å². The number of carbonyl (C=O) groups is 1. The number of nitrogens with one attached hydrogen (secondary N) is 1. The van der Waals surface area contributed by atoms with Gasteiger partial charge in [0.05, 0.1) is 12.2 Å². The molecule has 118 valence electrons. The number of likely N-dealkylation sites (N-methyl/N-ethyl adjacent to an activating group) is 1. The van der Waals surface area contributed by atoms with Crippen molar-refractivity contribution in [3.8, 4) is 0 Å². The third-order valence-corrected chi connectivity index (χ3v) is 4.29. The minimum Gasteiger partial charge on any atom is -0.396 e. The number of hydrogen-bond donors (Lipinski definition) is 2. The number of rotatable bonds is 6. The number of nitrogen functional groups attached to an aromatic ring is 1. The molecule has 21 heavy (non-hydrogen) atoms. The number of anilines is 1. The van der Waals surface area contributed by atoms with E-state index in [9.17, 15) is 22.0 Å². The van der Waals surface area contributed by atoms with E-state index in [0.29, 0.717) is 25.2 Å². The first-order chi connectivity index (χ1) is 9.72. The maximum Gasteiger partial charge on any atom is 0.244 e. The van der Waals surface area contributed by atoms with Crippen LogP contribution in [0.5, 0.6) is 0 Å². The predicted octanol–water partition coefficient (Wildman–Crippen LogP) is 0.694. The second-order valence-corrected chi connectivity index (χ2v) is 5.93. The molecule has 0 aromatic heterocycles. The van der Waals surface area contributed by atoms with Crippen LogP contribution in [0.2, 0.25) is 0 Å². The zero-order chi connectivity index (χ0) is 16.2. The summed E-state index contributed by atoms with van der Waals surface area (Å²) in [4.78, 5) is 12.3. The Morgan fingerprint density at radius 3 is 2.33 bits per heavy atom. The Labute approximate surface area is 122 Å². The summed E-state index contributed by atoms with van der Waals surface area (Å²) in [5.41, 5.74) is 4.73. The molecule has 0 aliphatic heterocycles. The molecule has 0 aliphatic carbocycles. The second kappa shape index (κ2) is 6.81. The number of amides is 1. The summed E-state index contributed by atoms with van der Waals surface area (Å²) in [5, 5.41) is 0. The van der Waals surface area contributed by atoms with Gasteiger partial charge in [-0.15, -0.1) is 0 Å². The highest BCUT2D eigenvalue weighted by molar-refractivity contribution is 7.89. The van der Waals surface area contributed by atoms with Crippen LogP contribution in [0.1, 0.15) is 13.8 Å². The molecule has 1 amide bonds. The SMILES string of the molecule is CCN(CC)C(=O)CNS(=O)(=O)c1cc(N)c(F)cc1F. The van der Waals surface area contributed by atoms with Gasteiger partial charge in [-0.3, -0.25) is 4.79 Å². The first-order valence-corrected chi connectivity index (χ1v) is 7.73. The Balaban J connectivity index is 2.93. The van der Waals surface area contributed by atoms with Crippen molar-refractivity contribution in [2.75, 3.05) is 25.4 Å². The van der Waals surface area contributed by atoms with Crippen molar-refractivity contribution < 1.29 is 22.0 Å². The maximum atomic E-state index is 13.5. The zero-order valence-electron chi connectivity index (χ0n) is 11.7. The van der Waals surface area contributed by atoms with Crippen LogP contribution in [0, 0.1) is 11.6 Å². The van der Waals surface area contributed by atoms with Crippen molar-refractivity contribution in [2.24, 2.45) is 0 Å². The fourth-order valence-electron chi connectivity index (χ4n) is 1.67. The third-order valence-electron chi connectivity index (χ3n) is 2.87. The zero-order valence-corrected chi connectivity index (χ0v) is 12.5. The van der Waals surface area contributed by atoms with Crippen LogP contribution in [0.15, 0.2) is 17.0 Å². The Kier molecular flexibility index (Phi) is 5.62. The van der Waals surface area contributed by atoms with Gasteiger partial charge in [0.2, 0.25) is 15.9 Å². The van der Waals surface area contributed by atoms with Crippen molar-refractivity contribution in [1.29, 1.82) is 0 Å². The minimum absolute atomic E-state index is 0.385. The molecule has 0 radical (unpaired) electrons. The monoisotopic (exact) mass is 321 g/mol. The van der Waals surface area contributed by atoms with Crippen molar-refractivity contribution in [3.63, 3.8) is 0 Å². The Morgan fingerprint density at radius 1 is 1.24 bits per heavy atom. The Morgan fingerprint density at radius 2 is 1.81 bits per heavy atom. The molecular weight excluding hydrogens is 304 g/mol. The first-order valence-electron chi connectivity index (χ1n) is 6.24. The van der Waals surface area contributed by atoms with E-state index in [1.165, 1.54) is 4.90 Å². The molecule has 0 spiro atoms. The first kappa shape index (κ1) is 17.3. The van der Waals surface area contributed by atoms with Crippen LogP contribution in [0.25, 0.3) is 0 Å². The van der Waals surface area contributed by atoms with Crippen LogP contribution in [0.3, 0.4) is 0 Å². The highest BCUT2D eigenvalue weighted by atomic mass is 32.2. The summed E-state index contributed by atoms with van der Waals surface area (Å²) < 4.78 is 52.4. The predicted molar refractivity (Wildman–Crippen MR) is 73.9 cm³/mol. The lowest BCUT2D eigenvalue weighted by Crippen LogP contribution is -2.40. The van der Waals surface area contributed by atoms with Crippen molar-refractivity contribution in [2.45, 2.75) is 18.7 Å². The van der Waals surface area contributed by atoms with Crippen molar-refractivity contribution >= 4 is 21.6 Å². The molecule has 3 N–H and O–H groups in total. The minimum atomic E-state index is -4.29. The molecule has 0 atom stereocenters. The van der Waals surface area contributed by atoms with Gasteiger partial charge in [0.15, 0.2) is 0 Å². The average Bonchev–Trinajstić information content (AvgIpc) is 2.42. The van der Waals surface area contributed by atoms with Gasteiger partial charge >= 0.3 is 0 Å². The number of sulfonamides is 1. The number of nitrogens with zero attached hydrogens (tertiary/aromatic N) is 1. The van der Waals surface area contributed by atoms with Gasteiger partial charge in [-0.1, -0.05) is 0 Å². The summed E-state index contributed by atoms with van der Waals surface area (Å²) >= 11 is 0. The van der Waals surface area contributed by atoms with Gasteiger partial charge < -0.3 is 10.6 Å². The van der Waals surface area contributed by atoms with Gasteiger partial charge in [-0.05, 0) is 19.9 Å². The van der Waals surface area contributed by atoms with E-state index in [0.717, 1.165) is 0 Å². The number of carbonyl (C=O) groups excluding carboxylic acids is 1. The molecule has 1 rings (SSSR count). The highest BCUT2D eigenvalue weighted by Gasteiger charge is 2.22. The summed E-state index contributed by atoms with van der Waals surface area (Å²) in [6.07, 6.45) is 0. The maximum absolute atomic E-state index is 13.5. The highest BCUT2D eigenvalue weighted by Crippen LogP contribution is 2.20. The Bertz CT molecular complexity index is 631. The molecule has 6 nitrogen and oxygen atoms in total. The largest absolute Gasteiger partial charge is 0.396 e. The summed E-state index contributed by atoms with van der Waals surface area (Å²) in [7, 11) is -4.29. The molecule has 0 saturated heterocycles. The van der Waals surface area contributed by atoms with Gasteiger partial charge in [-0.25, -0.2) is 21.9 Å². The van der Waals surface area contributed by atoms with E-state index in [-0.39, 0.29) is 0 Å². The van der Waals surface area contributed by atoms with Gasteiger partial charge in [0.1, 0.15) is 16.5 Å². The van der Waals surface area contributed by atoms with Gasteiger partial charge in [0.25, 0.3) is 0 Å². The number of halogens is 2. The Hall–Kier alpha value is -1.74. The van der Waals surface area contributed by atoms with E-state index in [1.807, 2.05) is 4.72 Å². The van der Waals surface area contributed by atoms with Gasteiger partial charge in [0, 0.05) is 19.2 Å². The molecule has 1 aromatic carbocycles. The smallest absolute Gasteiger partial charge is 0.244 e. The molecule has 1 aromatic rings. The van der Waals surface area contributed by atoms with Crippen molar-refractivity contribution in [3.05, 3.63) is 23.8 Å². The normalized spacial score (nSPS) is 11.4. The summed E-state index contributed by atoms with van der Waals surface area (Å²) in [6, 6.07) is 1.06. The van der Waals surface area contributed by atoms with E-state index in [1.54, 1.807) is 13.8 Å². The topological polar surface area (TPSA) is 92.5 Å². The molecular formula is C12H17F2N3O3S. The van der Waals surface area contributed by atoms with Crippen LogP contribution >= 0.6 is 0 Å². The molecule has 0 aliphatic rings. The van der Waals surface area contributed by atoms with E-state index < -0.39 is 44.7 Å². The lowest BCUT2D eigenvalue weighted by Gasteiger charge is -2.18. The number of nitrogens with two attached hydrogens (primary N) is 1. The standard InChI is InChI=1S/C12H17F2N3O3S/c1-3-17(4-2)12(18)7-16-21(19,20)11-6-10(15)8(13)5-9(11)14/h5-6,16H,3-4,7,15H2,1-2H3. The lowest BCUT2D eigenvalue weighted by atomic mass is 10.3. The number of hydrogen-bond acceptors (Lipinski definition) is 4. The van der Waals surface area contributed by atoms with Crippen LogP contribution in [0.4, 0.5) is 14.5 Å².